The van der Waals surface area contributed by atoms with Crippen LogP contribution in [0.5, 0.6) is 17.4 Å². The number of rotatable bonds is 6. The fraction of sp³-hybridized carbons (Fsp3) is 0.143. The van der Waals surface area contributed by atoms with Gasteiger partial charge in [0.05, 0.1) is 22.6 Å². The Hall–Kier alpha value is -3.31. The van der Waals surface area contributed by atoms with Gasteiger partial charge in [-0.05, 0) is 36.4 Å². The first-order valence-corrected chi connectivity index (χ1v) is 11.4. The Labute approximate surface area is 192 Å². The van der Waals surface area contributed by atoms with Crippen molar-refractivity contribution in [2.75, 3.05) is 18.7 Å². The predicted octanol–water partition coefficient (Wildman–Crippen LogP) is 5.21. The number of benzene rings is 2. The first-order chi connectivity index (χ1) is 15.4. The van der Waals surface area contributed by atoms with Crippen LogP contribution < -0.4 is 14.8 Å². The van der Waals surface area contributed by atoms with Gasteiger partial charge >= 0.3 is 6.18 Å². The standard InChI is InChI=1S/C21H16ClF3N2O5S/c1-31-14-6-7-18(17(22)10-14)32-20-16(8-12(11-26-20)21(23,24)25)19(28)27-13-4-3-5-15(9-13)33(2,29)30/h3-11H,1-2H3,(H,27,28). The molecule has 0 radical (unpaired) electrons. The number of amides is 1. The summed E-state index contributed by atoms with van der Waals surface area (Å²) in [6, 6.07) is 10.2. The van der Waals surface area contributed by atoms with E-state index >= 15 is 0 Å². The number of methoxy groups -OCH3 is 1. The molecule has 3 aromatic rings. The molecule has 3 rings (SSSR count). The lowest BCUT2D eigenvalue weighted by atomic mass is 10.1. The molecule has 0 spiro atoms. The van der Waals surface area contributed by atoms with Gasteiger partial charge in [0.15, 0.2) is 9.84 Å². The minimum Gasteiger partial charge on any atom is -0.497 e. The van der Waals surface area contributed by atoms with Crippen LogP contribution in [0.15, 0.2) is 59.6 Å². The highest BCUT2D eigenvalue weighted by Gasteiger charge is 2.33. The number of ether oxygens (including phenoxy) is 2. The summed E-state index contributed by atoms with van der Waals surface area (Å²) >= 11 is 6.11. The maximum absolute atomic E-state index is 13.2. The maximum Gasteiger partial charge on any atom is 0.417 e. The Morgan fingerprint density at radius 3 is 2.45 bits per heavy atom. The molecule has 2 aromatic carbocycles. The molecule has 0 bridgehead atoms. The van der Waals surface area contributed by atoms with E-state index in [1.165, 1.54) is 49.6 Å². The number of pyridine rings is 1. The Morgan fingerprint density at radius 1 is 1.12 bits per heavy atom. The van der Waals surface area contributed by atoms with E-state index in [0.717, 1.165) is 6.26 Å². The lowest BCUT2D eigenvalue weighted by molar-refractivity contribution is -0.137. The smallest absolute Gasteiger partial charge is 0.417 e. The molecule has 0 saturated carbocycles. The molecule has 1 aromatic heterocycles. The average Bonchev–Trinajstić information content (AvgIpc) is 2.74. The Bertz CT molecular complexity index is 1310. The van der Waals surface area contributed by atoms with E-state index in [4.69, 9.17) is 21.1 Å². The van der Waals surface area contributed by atoms with E-state index in [-0.39, 0.29) is 21.4 Å². The van der Waals surface area contributed by atoms with E-state index in [9.17, 15) is 26.4 Å². The normalized spacial score (nSPS) is 11.7. The van der Waals surface area contributed by atoms with Crippen LogP contribution in [-0.4, -0.2) is 32.7 Å². The van der Waals surface area contributed by atoms with Gasteiger partial charge in [0, 0.05) is 24.2 Å². The third-order valence-electron chi connectivity index (χ3n) is 4.29. The Balaban J connectivity index is 2.00. The van der Waals surface area contributed by atoms with Crippen molar-refractivity contribution in [2.45, 2.75) is 11.1 Å². The fourth-order valence-electron chi connectivity index (χ4n) is 2.65. The molecular formula is C21H16ClF3N2O5S. The highest BCUT2D eigenvalue weighted by atomic mass is 35.5. The molecule has 0 aliphatic heterocycles. The number of hydrogen-bond donors (Lipinski definition) is 1. The average molecular weight is 501 g/mol. The number of carbonyl (C=O) groups excluding carboxylic acids is 1. The van der Waals surface area contributed by atoms with Gasteiger partial charge in [0.1, 0.15) is 17.1 Å². The van der Waals surface area contributed by atoms with Crippen LogP contribution >= 0.6 is 11.6 Å². The summed E-state index contributed by atoms with van der Waals surface area (Å²) in [6.07, 6.45) is -3.27. The number of carbonyl (C=O) groups is 1. The summed E-state index contributed by atoms with van der Waals surface area (Å²) in [4.78, 5) is 16.4. The largest absolute Gasteiger partial charge is 0.497 e. The highest BCUT2D eigenvalue weighted by Crippen LogP contribution is 2.36. The zero-order valence-corrected chi connectivity index (χ0v) is 18.7. The van der Waals surface area contributed by atoms with Crippen LogP contribution in [0.4, 0.5) is 18.9 Å². The number of aromatic nitrogens is 1. The van der Waals surface area contributed by atoms with Gasteiger partial charge in [-0.3, -0.25) is 4.79 Å². The van der Waals surface area contributed by atoms with Crippen molar-refractivity contribution in [3.8, 4) is 17.4 Å². The summed E-state index contributed by atoms with van der Waals surface area (Å²) in [5, 5.41) is 2.44. The van der Waals surface area contributed by atoms with E-state index in [1.54, 1.807) is 0 Å². The lowest BCUT2D eigenvalue weighted by Crippen LogP contribution is -2.16. The first kappa shape index (κ1) is 24.3. The summed E-state index contributed by atoms with van der Waals surface area (Å²) < 4.78 is 73.7. The zero-order chi connectivity index (χ0) is 24.4. The SMILES string of the molecule is COc1ccc(Oc2ncc(C(F)(F)F)cc2C(=O)Nc2cccc(S(C)(=O)=O)c2)c(Cl)c1. The van der Waals surface area contributed by atoms with Gasteiger partial charge in [-0.1, -0.05) is 17.7 Å². The van der Waals surface area contributed by atoms with Gasteiger partial charge < -0.3 is 14.8 Å². The minimum absolute atomic E-state index is 0.0258. The molecule has 0 fully saturated rings. The number of sulfone groups is 1. The molecule has 174 valence electrons. The predicted molar refractivity (Wildman–Crippen MR) is 115 cm³/mol. The van der Waals surface area contributed by atoms with Crippen LogP contribution in [-0.2, 0) is 16.0 Å². The van der Waals surface area contributed by atoms with Crippen molar-refractivity contribution in [1.82, 2.24) is 4.98 Å². The molecule has 0 atom stereocenters. The molecule has 0 aliphatic rings. The van der Waals surface area contributed by atoms with Crippen molar-refractivity contribution < 1.29 is 35.9 Å². The van der Waals surface area contributed by atoms with Crippen molar-refractivity contribution >= 4 is 33.0 Å². The van der Waals surface area contributed by atoms with Gasteiger partial charge in [-0.15, -0.1) is 0 Å². The topological polar surface area (TPSA) is 94.6 Å². The molecular weight excluding hydrogens is 485 g/mol. The van der Waals surface area contributed by atoms with Crippen molar-refractivity contribution in [3.05, 3.63) is 70.9 Å². The Morgan fingerprint density at radius 2 is 1.85 bits per heavy atom. The summed E-state index contributed by atoms with van der Waals surface area (Å²) in [6.45, 7) is 0. The van der Waals surface area contributed by atoms with Gasteiger partial charge in [-0.25, -0.2) is 13.4 Å². The van der Waals surface area contributed by atoms with Crippen LogP contribution in [0.3, 0.4) is 0 Å². The molecule has 12 heteroatoms. The molecule has 1 amide bonds. The van der Waals surface area contributed by atoms with Gasteiger partial charge in [0.2, 0.25) is 5.88 Å². The van der Waals surface area contributed by atoms with Crippen LogP contribution in [0, 0.1) is 0 Å². The zero-order valence-electron chi connectivity index (χ0n) is 17.1. The van der Waals surface area contributed by atoms with Gasteiger partial charge in [-0.2, -0.15) is 13.2 Å². The summed E-state index contributed by atoms with van der Waals surface area (Å²) in [5.74, 6) is -1.000. The third-order valence-corrected chi connectivity index (χ3v) is 5.69. The second kappa shape index (κ2) is 9.28. The van der Waals surface area contributed by atoms with Crippen LogP contribution in [0.2, 0.25) is 5.02 Å². The van der Waals surface area contributed by atoms with Crippen LogP contribution in [0.25, 0.3) is 0 Å². The van der Waals surface area contributed by atoms with Crippen molar-refractivity contribution in [2.24, 2.45) is 0 Å². The van der Waals surface area contributed by atoms with E-state index in [0.29, 0.717) is 18.0 Å². The molecule has 7 nitrogen and oxygen atoms in total. The van der Waals surface area contributed by atoms with E-state index in [2.05, 4.69) is 10.3 Å². The molecule has 33 heavy (non-hydrogen) atoms. The second-order valence-electron chi connectivity index (χ2n) is 6.73. The lowest BCUT2D eigenvalue weighted by Gasteiger charge is -2.14. The number of anilines is 1. The Kier molecular flexibility index (Phi) is 6.84. The van der Waals surface area contributed by atoms with E-state index < -0.39 is 38.9 Å². The maximum atomic E-state index is 13.2. The summed E-state index contributed by atoms with van der Waals surface area (Å²) in [7, 11) is -2.15. The molecule has 1 heterocycles. The van der Waals surface area contributed by atoms with Crippen molar-refractivity contribution in [1.29, 1.82) is 0 Å². The number of halogens is 4. The number of nitrogens with one attached hydrogen (secondary N) is 1. The number of hydrogen-bond acceptors (Lipinski definition) is 6. The van der Waals surface area contributed by atoms with Crippen molar-refractivity contribution in [3.63, 3.8) is 0 Å². The molecule has 0 unspecified atom stereocenters. The number of alkyl halides is 3. The minimum atomic E-state index is -4.77. The van der Waals surface area contributed by atoms with Crippen LogP contribution in [0.1, 0.15) is 15.9 Å². The number of nitrogens with zero attached hydrogens (tertiary/aromatic N) is 1. The fourth-order valence-corrected chi connectivity index (χ4v) is 3.53. The third kappa shape index (κ3) is 5.93. The first-order valence-electron chi connectivity index (χ1n) is 9.08. The highest BCUT2D eigenvalue weighted by molar-refractivity contribution is 7.90. The quantitative estimate of drug-likeness (QED) is 0.499. The summed E-state index contributed by atoms with van der Waals surface area (Å²) in [5.41, 5.74) is -1.67. The monoisotopic (exact) mass is 500 g/mol. The van der Waals surface area contributed by atoms with Gasteiger partial charge in [0.25, 0.3) is 5.91 Å². The molecule has 0 saturated heterocycles. The molecule has 1 N–H and O–H groups in total. The van der Waals surface area contributed by atoms with E-state index in [1.807, 2.05) is 0 Å². The second-order valence-corrected chi connectivity index (χ2v) is 9.15. The molecule has 0 aliphatic carbocycles.